The van der Waals surface area contributed by atoms with Gasteiger partial charge in [-0.2, -0.15) is 0 Å². The topological polar surface area (TPSA) is 119 Å². The molecular formula is C18H32N2O5. The maximum Gasteiger partial charge on any atom is 0.222 e. The van der Waals surface area contributed by atoms with Crippen LogP contribution < -0.4 is 11.1 Å². The van der Waals surface area contributed by atoms with Crippen molar-refractivity contribution in [3.63, 3.8) is 0 Å². The molecule has 5 atom stereocenters. The van der Waals surface area contributed by atoms with Gasteiger partial charge in [0.25, 0.3) is 0 Å². The van der Waals surface area contributed by atoms with Crippen molar-refractivity contribution in [2.45, 2.75) is 77.6 Å². The highest BCUT2D eigenvalue weighted by molar-refractivity contribution is 5.79. The fraction of sp³-hybridized carbons (Fsp3) is 0.833. The summed E-state index contributed by atoms with van der Waals surface area (Å²) in [4.78, 5) is 34.9. The second kappa shape index (κ2) is 10.5. The second-order valence-electron chi connectivity index (χ2n) is 7.11. The zero-order valence-corrected chi connectivity index (χ0v) is 15.5. The molecule has 0 saturated carbocycles. The predicted molar refractivity (Wildman–Crippen MR) is 93.6 cm³/mol. The third-order valence-electron chi connectivity index (χ3n) is 4.85. The molecule has 1 saturated heterocycles. The van der Waals surface area contributed by atoms with Crippen molar-refractivity contribution in [1.82, 2.24) is 5.32 Å². The number of ether oxygens (including phenoxy) is 1. The SMILES string of the molecule is CCCC(=O)CC1CCC(C)C(CC(=O)NCC(O)C(C)C(N)=O)O1. The van der Waals surface area contributed by atoms with Gasteiger partial charge in [0, 0.05) is 19.4 Å². The maximum absolute atomic E-state index is 12.1. The number of rotatable bonds is 10. The summed E-state index contributed by atoms with van der Waals surface area (Å²) in [6.07, 6.45) is 2.38. The first kappa shape index (κ1) is 21.6. The van der Waals surface area contributed by atoms with E-state index in [-0.39, 0.29) is 42.8 Å². The molecule has 0 aliphatic carbocycles. The highest BCUT2D eigenvalue weighted by atomic mass is 16.5. The van der Waals surface area contributed by atoms with E-state index in [1.807, 2.05) is 13.8 Å². The van der Waals surface area contributed by atoms with E-state index in [0.717, 1.165) is 19.3 Å². The highest BCUT2D eigenvalue weighted by Crippen LogP contribution is 2.28. The molecule has 1 rings (SSSR count). The summed E-state index contributed by atoms with van der Waals surface area (Å²) in [7, 11) is 0. The van der Waals surface area contributed by atoms with Gasteiger partial charge < -0.3 is 20.9 Å². The van der Waals surface area contributed by atoms with Crippen LogP contribution >= 0.6 is 0 Å². The summed E-state index contributed by atoms with van der Waals surface area (Å²) < 4.78 is 5.96. The third-order valence-corrected chi connectivity index (χ3v) is 4.85. The molecule has 0 bridgehead atoms. The van der Waals surface area contributed by atoms with E-state index >= 15 is 0 Å². The van der Waals surface area contributed by atoms with Gasteiger partial charge in [0.05, 0.1) is 30.7 Å². The van der Waals surface area contributed by atoms with E-state index in [1.165, 1.54) is 6.92 Å². The minimum atomic E-state index is -1.01. The number of nitrogens with one attached hydrogen (secondary N) is 1. The van der Waals surface area contributed by atoms with Crippen LogP contribution in [0.15, 0.2) is 0 Å². The zero-order chi connectivity index (χ0) is 19.0. The van der Waals surface area contributed by atoms with Crippen molar-refractivity contribution in [1.29, 1.82) is 0 Å². The summed E-state index contributed by atoms with van der Waals surface area (Å²) in [5.41, 5.74) is 5.13. The third kappa shape index (κ3) is 7.52. The Morgan fingerprint density at radius 1 is 1.28 bits per heavy atom. The molecule has 7 heteroatoms. The van der Waals surface area contributed by atoms with E-state index in [0.29, 0.717) is 12.8 Å². The van der Waals surface area contributed by atoms with Gasteiger partial charge in [-0.3, -0.25) is 14.4 Å². The molecular weight excluding hydrogens is 324 g/mol. The first-order valence-corrected chi connectivity index (χ1v) is 9.15. The summed E-state index contributed by atoms with van der Waals surface area (Å²) in [5.74, 6) is -1.13. The van der Waals surface area contributed by atoms with Crippen LogP contribution in [0.25, 0.3) is 0 Å². The molecule has 1 aliphatic heterocycles. The summed E-state index contributed by atoms with van der Waals surface area (Å²) in [6, 6.07) is 0. The zero-order valence-electron chi connectivity index (χ0n) is 15.5. The number of hydrogen-bond donors (Lipinski definition) is 3. The number of ketones is 1. The predicted octanol–water partition coefficient (Wildman–Crippen LogP) is 0.918. The lowest BCUT2D eigenvalue weighted by Gasteiger charge is -2.34. The number of Topliss-reactive ketones (excluding diaryl/α,β-unsaturated/α-hetero) is 1. The van der Waals surface area contributed by atoms with Crippen LogP contribution in [0.5, 0.6) is 0 Å². The Balaban J connectivity index is 2.43. The largest absolute Gasteiger partial charge is 0.390 e. The van der Waals surface area contributed by atoms with E-state index < -0.39 is 17.9 Å². The Labute approximate surface area is 149 Å². The molecule has 25 heavy (non-hydrogen) atoms. The Hall–Kier alpha value is -1.47. The smallest absolute Gasteiger partial charge is 0.222 e. The van der Waals surface area contributed by atoms with Crippen molar-refractivity contribution in [2.24, 2.45) is 17.6 Å². The Morgan fingerprint density at radius 3 is 2.56 bits per heavy atom. The van der Waals surface area contributed by atoms with Gasteiger partial charge in [-0.25, -0.2) is 0 Å². The van der Waals surface area contributed by atoms with Gasteiger partial charge in [0.1, 0.15) is 5.78 Å². The van der Waals surface area contributed by atoms with Crippen molar-refractivity contribution in [2.75, 3.05) is 6.54 Å². The van der Waals surface area contributed by atoms with Crippen LogP contribution in [-0.2, 0) is 19.1 Å². The van der Waals surface area contributed by atoms with Gasteiger partial charge in [0.2, 0.25) is 11.8 Å². The maximum atomic E-state index is 12.1. The highest BCUT2D eigenvalue weighted by Gasteiger charge is 2.31. The number of amides is 2. The van der Waals surface area contributed by atoms with Crippen LogP contribution in [0, 0.1) is 11.8 Å². The minimum absolute atomic E-state index is 0.0253. The van der Waals surface area contributed by atoms with Crippen molar-refractivity contribution < 1.29 is 24.2 Å². The van der Waals surface area contributed by atoms with Gasteiger partial charge in [-0.05, 0) is 25.2 Å². The number of carbonyl (C=O) groups excluding carboxylic acids is 3. The monoisotopic (exact) mass is 356 g/mol. The van der Waals surface area contributed by atoms with Gasteiger partial charge in [-0.15, -0.1) is 0 Å². The molecule has 1 fully saturated rings. The lowest BCUT2D eigenvalue weighted by Crippen LogP contribution is -2.43. The lowest BCUT2D eigenvalue weighted by atomic mass is 9.89. The van der Waals surface area contributed by atoms with Gasteiger partial charge in [0.15, 0.2) is 0 Å². The number of primary amides is 1. The van der Waals surface area contributed by atoms with Crippen LogP contribution in [0.4, 0.5) is 0 Å². The molecule has 4 N–H and O–H groups in total. The number of aliphatic hydroxyl groups excluding tert-OH is 1. The molecule has 0 spiro atoms. The number of aliphatic hydroxyl groups is 1. The summed E-state index contributed by atoms with van der Waals surface area (Å²) >= 11 is 0. The molecule has 5 unspecified atom stereocenters. The summed E-state index contributed by atoms with van der Waals surface area (Å²) in [6.45, 7) is 5.50. The molecule has 0 aromatic carbocycles. The van der Waals surface area contributed by atoms with Crippen molar-refractivity contribution >= 4 is 17.6 Å². The standard InChI is InChI=1S/C18H32N2O5/c1-4-5-13(21)8-14-7-6-11(2)16(25-14)9-17(23)20-10-15(22)12(3)18(19)24/h11-12,14-16,22H,4-10H2,1-3H3,(H2,19,24)(H,20,23). The van der Waals surface area contributed by atoms with Gasteiger partial charge in [-0.1, -0.05) is 20.8 Å². The van der Waals surface area contributed by atoms with Crippen molar-refractivity contribution in [3.8, 4) is 0 Å². The van der Waals surface area contributed by atoms with Gasteiger partial charge >= 0.3 is 0 Å². The Bertz CT molecular complexity index is 468. The number of carbonyl (C=O) groups is 3. The van der Waals surface area contributed by atoms with E-state index in [4.69, 9.17) is 10.5 Å². The fourth-order valence-electron chi connectivity index (χ4n) is 2.96. The van der Waals surface area contributed by atoms with Crippen LogP contribution in [0.1, 0.15) is 59.3 Å². The average Bonchev–Trinajstić information content (AvgIpc) is 2.55. The fourth-order valence-corrected chi connectivity index (χ4v) is 2.96. The van der Waals surface area contributed by atoms with Crippen LogP contribution in [0.3, 0.4) is 0 Å². The summed E-state index contributed by atoms with van der Waals surface area (Å²) in [5, 5.41) is 12.4. The van der Waals surface area contributed by atoms with Crippen LogP contribution in [-0.4, -0.2) is 47.6 Å². The molecule has 7 nitrogen and oxygen atoms in total. The molecule has 144 valence electrons. The quantitative estimate of drug-likeness (QED) is 0.538. The molecule has 0 radical (unpaired) electrons. The number of nitrogens with two attached hydrogens (primary N) is 1. The minimum Gasteiger partial charge on any atom is -0.390 e. The normalized spacial score (nSPS) is 25.8. The molecule has 0 aromatic rings. The molecule has 1 aliphatic rings. The van der Waals surface area contributed by atoms with Crippen LogP contribution in [0.2, 0.25) is 0 Å². The molecule has 1 heterocycles. The first-order valence-electron chi connectivity index (χ1n) is 9.15. The van der Waals surface area contributed by atoms with E-state index in [9.17, 15) is 19.5 Å². The lowest BCUT2D eigenvalue weighted by molar-refractivity contribution is -0.136. The number of hydrogen-bond acceptors (Lipinski definition) is 5. The van der Waals surface area contributed by atoms with E-state index in [2.05, 4.69) is 5.32 Å². The van der Waals surface area contributed by atoms with Crippen molar-refractivity contribution in [3.05, 3.63) is 0 Å². The average molecular weight is 356 g/mol. The molecule has 2 amide bonds. The second-order valence-corrected chi connectivity index (χ2v) is 7.11. The Kier molecular flexibility index (Phi) is 9.06. The van der Waals surface area contributed by atoms with E-state index in [1.54, 1.807) is 0 Å². The first-order chi connectivity index (χ1) is 11.7. The molecule has 0 aromatic heterocycles. The Morgan fingerprint density at radius 2 is 1.96 bits per heavy atom.